The van der Waals surface area contributed by atoms with Crippen LogP contribution in [0.1, 0.15) is 26.7 Å². The SMILES string of the molecule is C/C=C\NC(=O)OC[C@]1(C(C)=O)C[C@@H]2C=C[C@H]1C2. The summed E-state index contributed by atoms with van der Waals surface area (Å²) in [5, 5.41) is 2.49. The molecule has 1 saturated carbocycles. The number of ketones is 1. The van der Waals surface area contributed by atoms with Crippen molar-refractivity contribution in [2.24, 2.45) is 17.3 Å². The molecule has 18 heavy (non-hydrogen) atoms. The predicted octanol–water partition coefficient (Wildman–Crippen LogP) is 2.42. The summed E-state index contributed by atoms with van der Waals surface area (Å²) in [4.78, 5) is 23.3. The number of fused-ring (bicyclic) bond motifs is 2. The average molecular weight is 249 g/mol. The predicted molar refractivity (Wildman–Crippen MR) is 67.8 cm³/mol. The number of allylic oxidation sites excluding steroid dienone is 3. The van der Waals surface area contributed by atoms with Crippen molar-refractivity contribution in [3.8, 4) is 0 Å². The number of amides is 1. The van der Waals surface area contributed by atoms with Gasteiger partial charge in [0.1, 0.15) is 12.4 Å². The van der Waals surface area contributed by atoms with E-state index in [-0.39, 0.29) is 18.3 Å². The van der Waals surface area contributed by atoms with Gasteiger partial charge < -0.3 is 4.74 Å². The summed E-state index contributed by atoms with van der Waals surface area (Å²) in [6.45, 7) is 3.58. The highest BCUT2D eigenvalue weighted by Crippen LogP contribution is 2.52. The first-order valence-corrected chi connectivity index (χ1v) is 6.32. The van der Waals surface area contributed by atoms with E-state index in [2.05, 4.69) is 17.5 Å². The number of rotatable bonds is 4. The molecule has 0 saturated heterocycles. The van der Waals surface area contributed by atoms with Crippen LogP contribution in [-0.2, 0) is 9.53 Å². The van der Waals surface area contributed by atoms with E-state index in [1.807, 2.05) is 0 Å². The standard InChI is InChI=1S/C14H19NO3/c1-3-6-15-13(17)18-9-14(10(2)16)8-11-4-5-12(14)7-11/h3-6,11-12H,7-9H2,1-2H3,(H,15,17)/b6-3-/t11-,12+,14+/m1/s1. The van der Waals surface area contributed by atoms with Gasteiger partial charge in [0.25, 0.3) is 0 Å². The van der Waals surface area contributed by atoms with Crippen LogP contribution in [0.3, 0.4) is 0 Å². The third-order valence-corrected chi connectivity index (χ3v) is 4.04. The summed E-state index contributed by atoms with van der Waals surface area (Å²) in [5.74, 6) is 0.828. The van der Waals surface area contributed by atoms with E-state index in [4.69, 9.17) is 4.74 Å². The highest BCUT2D eigenvalue weighted by atomic mass is 16.5. The fraction of sp³-hybridized carbons (Fsp3) is 0.571. The Bertz CT molecular complexity index is 413. The van der Waals surface area contributed by atoms with Crippen LogP contribution in [0.25, 0.3) is 0 Å². The van der Waals surface area contributed by atoms with E-state index in [0.717, 1.165) is 12.8 Å². The fourth-order valence-electron chi connectivity index (χ4n) is 3.01. The molecular weight excluding hydrogens is 230 g/mol. The second kappa shape index (κ2) is 4.96. The molecule has 0 aliphatic heterocycles. The molecule has 2 aliphatic carbocycles. The van der Waals surface area contributed by atoms with E-state index < -0.39 is 11.5 Å². The number of Topliss-reactive ketones (excluding diaryl/α,β-unsaturated/α-hetero) is 1. The molecule has 2 aliphatic rings. The molecule has 3 atom stereocenters. The van der Waals surface area contributed by atoms with Crippen LogP contribution in [0.2, 0.25) is 0 Å². The summed E-state index contributed by atoms with van der Waals surface area (Å²) in [6, 6.07) is 0. The molecule has 2 rings (SSSR count). The number of ether oxygens (including phenoxy) is 1. The molecular formula is C14H19NO3. The number of nitrogens with one attached hydrogen (secondary N) is 1. The number of hydrogen-bond acceptors (Lipinski definition) is 3. The van der Waals surface area contributed by atoms with Crippen molar-refractivity contribution in [3.63, 3.8) is 0 Å². The van der Waals surface area contributed by atoms with Gasteiger partial charge in [-0.15, -0.1) is 0 Å². The van der Waals surface area contributed by atoms with E-state index in [0.29, 0.717) is 5.92 Å². The minimum absolute atomic E-state index is 0.123. The molecule has 0 aromatic carbocycles. The van der Waals surface area contributed by atoms with Crippen LogP contribution < -0.4 is 5.32 Å². The highest BCUT2D eigenvalue weighted by molar-refractivity contribution is 5.84. The number of alkyl carbamates (subject to hydrolysis) is 1. The first kappa shape index (κ1) is 12.9. The minimum atomic E-state index is -0.500. The lowest BCUT2D eigenvalue weighted by molar-refractivity contribution is -0.130. The van der Waals surface area contributed by atoms with Crippen molar-refractivity contribution < 1.29 is 14.3 Å². The average Bonchev–Trinajstić information content (AvgIpc) is 2.94. The van der Waals surface area contributed by atoms with Gasteiger partial charge in [-0.25, -0.2) is 4.79 Å². The van der Waals surface area contributed by atoms with Crippen LogP contribution in [0, 0.1) is 17.3 Å². The van der Waals surface area contributed by atoms with Crippen molar-refractivity contribution in [3.05, 3.63) is 24.4 Å². The van der Waals surface area contributed by atoms with Crippen LogP contribution >= 0.6 is 0 Å². The number of hydrogen-bond donors (Lipinski definition) is 1. The molecule has 0 aromatic rings. The third kappa shape index (κ3) is 2.19. The van der Waals surface area contributed by atoms with E-state index in [1.54, 1.807) is 19.9 Å². The van der Waals surface area contributed by atoms with E-state index in [1.165, 1.54) is 6.20 Å². The zero-order valence-electron chi connectivity index (χ0n) is 10.8. The van der Waals surface area contributed by atoms with Gasteiger partial charge in [-0.1, -0.05) is 18.2 Å². The van der Waals surface area contributed by atoms with Gasteiger partial charge >= 0.3 is 6.09 Å². The smallest absolute Gasteiger partial charge is 0.411 e. The molecule has 1 N–H and O–H groups in total. The van der Waals surface area contributed by atoms with Crippen molar-refractivity contribution in [2.45, 2.75) is 26.7 Å². The molecule has 0 unspecified atom stereocenters. The molecule has 4 nitrogen and oxygen atoms in total. The topological polar surface area (TPSA) is 55.4 Å². The molecule has 0 aromatic heterocycles. The lowest BCUT2D eigenvalue weighted by Crippen LogP contribution is -2.40. The summed E-state index contributed by atoms with van der Waals surface area (Å²) < 4.78 is 5.19. The second-order valence-corrected chi connectivity index (χ2v) is 5.12. The zero-order chi connectivity index (χ0) is 13.2. The zero-order valence-corrected chi connectivity index (χ0v) is 10.8. The molecule has 0 radical (unpaired) electrons. The van der Waals surface area contributed by atoms with Gasteiger partial charge in [-0.3, -0.25) is 10.1 Å². The van der Waals surface area contributed by atoms with Crippen molar-refractivity contribution in [1.82, 2.24) is 5.32 Å². The van der Waals surface area contributed by atoms with Gasteiger partial charge in [-0.05, 0) is 38.5 Å². The quantitative estimate of drug-likeness (QED) is 0.778. The van der Waals surface area contributed by atoms with Gasteiger partial charge in [-0.2, -0.15) is 0 Å². The van der Waals surface area contributed by atoms with Crippen molar-refractivity contribution in [2.75, 3.05) is 6.61 Å². The normalized spacial score (nSPS) is 33.0. The Balaban J connectivity index is 1.99. The number of carbonyl (C=O) groups is 2. The Morgan fingerprint density at radius 3 is 2.78 bits per heavy atom. The van der Waals surface area contributed by atoms with Crippen LogP contribution in [0.5, 0.6) is 0 Å². The van der Waals surface area contributed by atoms with Gasteiger partial charge in [0.2, 0.25) is 0 Å². The second-order valence-electron chi connectivity index (χ2n) is 5.12. The van der Waals surface area contributed by atoms with E-state index in [9.17, 15) is 9.59 Å². The van der Waals surface area contributed by atoms with Crippen LogP contribution in [0.15, 0.2) is 24.4 Å². The summed E-state index contributed by atoms with van der Waals surface area (Å²) in [7, 11) is 0. The monoisotopic (exact) mass is 249 g/mol. The highest BCUT2D eigenvalue weighted by Gasteiger charge is 2.52. The largest absolute Gasteiger partial charge is 0.448 e. The van der Waals surface area contributed by atoms with Crippen molar-refractivity contribution in [1.29, 1.82) is 0 Å². The maximum absolute atomic E-state index is 11.9. The Morgan fingerprint density at radius 2 is 2.28 bits per heavy atom. The summed E-state index contributed by atoms with van der Waals surface area (Å²) in [6.07, 6.45) is 8.82. The molecule has 2 bridgehead atoms. The minimum Gasteiger partial charge on any atom is -0.448 e. The Kier molecular flexibility index (Phi) is 3.55. The van der Waals surface area contributed by atoms with Gasteiger partial charge in [0.05, 0.1) is 5.41 Å². The Morgan fingerprint density at radius 1 is 1.50 bits per heavy atom. The van der Waals surface area contributed by atoms with Gasteiger partial charge in [0, 0.05) is 6.20 Å². The van der Waals surface area contributed by atoms with E-state index >= 15 is 0 Å². The molecule has 0 spiro atoms. The summed E-state index contributed by atoms with van der Waals surface area (Å²) >= 11 is 0. The molecule has 98 valence electrons. The van der Waals surface area contributed by atoms with Crippen LogP contribution in [-0.4, -0.2) is 18.5 Å². The first-order chi connectivity index (χ1) is 8.58. The molecule has 4 heteroatoms. The maximum Gasteiger partial charge on any atom is 0.411 e. The maximum atomic E-state index is 11.9. The fourth-order valence-corrected chi connectivity index (χ4v) is 3.01. The molecule has 0 heterocycles. The Hall–Kier alpha value is -1.58. The lowest BCUT2D eigenvalue weighted by Gasteiger charge is -2.32. The Labute approximate surface area is 107 Å². The molecule has 1 amide bonds. The number of carbonyl (C=O) groups excluding carboxylic acids is 2. The van der Waals surface area contributed by atoms with Crippen LogP contribution in [0.4, 0.5) is 4.79 Å². The van der Waals surface area contributed by atoms with Gasteiger partial charge in [0.15, 0.2) is 0 Å². The first-order valence-electron chi connectivity index (χ1n) is 6.32. The molecule has 1 fully saturated rings. The lowest BCUT2D eigenvalue weighted by atomic mass is 9.73. The summed E-state index contributed by atoms with van der Waals surface area (Å²) in [5.41, 5.74) is -0.493. The van der Waals surface area contributed by atoms with Crippen molar-refractivity contribution >= 4 is 11.9 Å². The third-order valence-electron chi connectivity index (χ3n) is 4.04.